The molecule has 3 unspecified atom stereocenters. The minimum Gasteiger partial charge on any atom is -0.379 e. The molecule has 4 nitrogen and oxygen atoms in total. The standard InChI is InChI=1S/C16H30N2O2/c1-4-8-17-14-11-20-10-13(14)15(19)18-12-6-5-7-16(2,3)9-12/h12-14,17H,4-11H2,1-3H3,(H,18,19). The van der Waals surface area contributed by atoms with Gasteiger partial charge in [0.1, 0.15) is 0 Å². The molecule has 116 valence electrons. The van der Waals surface area contributed by atoms with E-state index in [1.54, 1.807) is 0 Å². The number of rotatable bonds is 5. The van der Waals surface area contributed by atoms with Crippen molar-refractivity contribution in [2.24, 2.45) is 11.3 Å². The first-order chi connectivity index (χ1) is 9.52. The first-order valence-electron chi connectivity index (χ1n) is 8.13. The predicted octanol–water partition coefficient (Wildman–Crippen LogP) is 2.09. The fraction of sp³-hybridized carbons (Fsp3) is 0.938. The molecule has 1 heterocycles. The Morgan fingerprint density at radius 2 is 2.15 bits per heavy atom. The summed E-state index contributed by atoms with van der Waals surface area (Å²) in [5, 5.41) is 6.69. The highest BCUT2D eigenvalue weighted by Gasteiger charge is 2.36. The highest BCUT2D eigenvalue weighted by Crippen LogP contribution is 2.35. The number of carbonyl (C=O) groups excluding carboxylic acids is 1. The summed E-state index contributed by atoms with van der Waals surface area (Å²) in [6.45, 7) is 8.92. The summed E-state index contributed by atoms with van der Waals surface area (Å²) in [6, 6.07) is 0.533. The number of amides is 1. The van der Waals surface area contributed by atoms with Gasteiger partial charge in [-0.1, -0.05) is 27.2 Å². The largest absolute Gasteiger partial charge is 0.379 e. The molecular formula is C16H30N2O2. The first kappa shape index (κ1) is 15.8. The summed E-state index contributed by atoms with van der Waals surface area (Å²) in [5.41, 5.74) is 0.363. The molecule has 1 aliphatic heterocycles. The Hall–Kier alpha value is -0.610. The Morgan fingerprint density at radius 3 is 2.85 bits per heavy atom. The highest BCUT2D eigenvalue weighted by atomic mass is 16.5. The molecule has 2 rings (SSSR count). The molecular weight excluding hydrogens is 252 g/mol. The van der Waals surface area contributed by atoms with E-state index in [2.05, 4.69) is 31.4 Å². The van der Waals surface area contributed by atoms with E-state index in [1.807, 2.05) is 0 Å². The lowest BCUT2D eigenvalue weighted by atomic mass is 9.75. The zero-order valence-electron chi connectivity index (χ0n) is 13.2. The molecule has 1 amide bonds. The second kappa shape index (κ2) is 6.90. The van der Waals surface area contributed by atoms with Gasteiger partial charge in [-0.25, -0.2) is 0 Å². The molecule has 1 saturated carbocycles. The zero-order valence-corrected chi connectivity index (χ0v) is 13.2. The minimum absolute atomic E-state index is 0.0217. The Morgan fingerprint density at radius 1 is 1.35 bits per heavy atom. The number of nitrogens with one attached hydrogen (secondary N) is 2. The molecule has 3 atom stereocenters. The maximum atomic E-state index is 12.5. The Bertz CT molecular complexity index is 330. The van der Waals surface area contributed by atoms with E-state index in [-0.39, 0.29) is 17.9 Å². The van der Waals surface area contributed by atoms with Crippen molar-refractivity contribution in [3.05, 3.63) is 0 Å². The predicted molar refractivity (Wildman–Crippen MR) is 80.6 cm³/mol. The third-order valence-electron chi connectivity index (χ3n) is 4.63. The molecule has 0 spiro atoms. The summed E-state index contributed by atoms with van der Waals surface area (Å²) in [7, 11) is 0. The summed E-state index contributed by atoms with van der Waals surface area (Å²) in [5.74, 6) is 0.158. The van der Waals surface area contributed by atoms with E-state index in [1.165, 1.54) is 12.8 Å². The van der Waals surface area contributed by atoms with Crippen LogP contribution >= 0.6 is 0 Å². The van der Waals surface area contributed by atoms with Gasteiger partial charge in [-0.15, -0.1) is 0 Å². The maximum absolute atomic E-state index is 12.5. The van der Waals surface area contributed by atoms with Gasteiger partial charge in [-0.3, -0.25) is 4.79 Å². The topological polar surface area (TPSA) is 50.4 Å². The van der Waals surface area contributed by atoms with E-state index in [4.69, 9.17) is 4.74 Å². The van der Waals surface area contributed by atoms with Gasteiger partial charge < -0.3 is 15.4 Å². The van der Waals surface area contributed by atoms with E-state index in [0.717, 1.165) is 25.8 Å². The van der Waals surface area contributed by atoms with Crippen molar-refractivity contribution in [3.63, 3.8) is 0 Å². The van der Waals surface area contributed by atoms with E-state index < -0.39 is 0 Å². The smallest absolute Gasteiger partial charge is 0.227 e. The molecule has 4 heteroatoms. The van der Waals surface area contributed by atoms with Gasteiger partial charge in [0.2, 0.25) is 5.91 Å². The van der Waals surface area contributed by atoms with Crippen LogP contribution in [0.25, 0.3) is 0 Å². The number of ether oxygens (including phenoxy) is 1. The molecule has 2 N–H and O–H groups in total. The average Bonchev–Trinajstić information content (AvgIpc) is 2.83. The quantitative estimate of drug-likeness (QED) is 0.812. The van der Waals surface area contributed by atoms with Crippen LogP contribution in [-0.2, 0) is 9.53 Å². The fourth-order valence-corrected chi connectivity index (χ4v) is 3.47. The van der Waals surface area contributed by atoms with Gasteiger partial charge in [0.05, 0.1) is 19.1 Å². The molecule has 0 radical (unpaired) electrons. The van der Waals surface area contributed by atoms with Crippen molar-refractivity contribution in [1.82, 2.24) is 10.6 Å². The molecule has 0 aromatic heterocycles. The van der Waals surface area contributed by atoms with Crippen LogP contribution in [0.4, 0.5) is 0 Å². The lowest BCUT2D eigenvalue weighted by molar-refractivity contribution is -0.126. The van der Waals surface area contributed by atoms with Crippen molar-refractivity contribution < 1.29 is 9.53 Å². The lowest BCUT2D eigenvalue weighted by Crippen LogP contribution is -2.48. The van der Waals surface area contributed by atoms with Crippen LogP contribution in [0.5, 0.6) is 0 Å². The van der Waals surface area contributed by atoms with Gasteiger partial charge in [-0.2, -0.15) is 0 Å². The number of hydrogen-bond acceptors (Lipinski definition) is 3. The molecule has 0 bridgehead atoms. The molecule has 20 heavy (non-hydrogen) atoms. The average molecular weight is 282 g/mol. The summed E-state index contributed by atoms with van der Waals surface area (Å²) >= 11 is 0. The Balaban J connectivity index is 1.84. The molecule has 0 aromatic carbocycles. The fourth-order valence-electron chi connectivity index (χ4n) is 3.47. The normalized spacial score (nSPS) is 33.0. The number of hydrogen-bond donors (Lipinski definition) is 2. The van der Waals surface area contributed by atoms with Gasteiger partial charge >= 0.3 is 0 Å². The molecule has 0 aromatic rings. The van der Waals surface area contributed by atoms with Crippen molar-refractivity contribution in [1.29, 1.82) is 0 Å². The zero-order chi connectivity index (χ0) is 14.6. The van der Waals surface area contributed by atoms with Gasteiger partial charge in [-0.05, 0) is 37.6 Å². The van der Waals surface area contributed by atoms with E-state index in [9.17, 15) is 4.79 Å². The Labute approximate surface area is 123 Å². The van der Waals surface area contributed by atoms with Crippen LogP contribution in [0, 0.1) is 11.3 Å². The van der Waals surface area contributed by atoms with Gasteiger partial charge in [0.25, 0.3) is 0 Å². The van der Waals surface area contributed by atoms with E-state index in [0.29, 0.717) is 24.7 Å². The maximum Gasteiger partial charge on any atom is 0.227 e. The van der Waals surface area contributed by atoms with Gasteiger partial charge in [0, 0.05) is 12.1 Å². The third-order valence-corrected chi connectivity index (χ3v) is 4.63. The van der Waals surface area contributed by atoms with Crippen LogP contribution in [0.1, 0.15) is 52.9 Å². The lowest BCUT2D eigenvalue weighted by Gasteiger charge is -2.36. The monoisotopic (exact) mass is 282 g/mol. The van der Waals surface area contributed by atoms with Crippen LogP contribution in [0.15, 0.2) is 0 Å². The third kappa shape index (κ3) is 4.19. The highest BCUT2D eigenvalue weighted by molar-refractivity contribution is 5.80. The van der Waals surface area contributed by atoms with E-state index >= 15 is 0 Å². The van der Waals surface area contributed by atoms with Crippen molar-refractivity contribution in [3.8, 4) is 0 Å². The van der Waals surface area contributed by atoms with Gasteiger partial charge in [0.15, 0.2) is 0 Å². The molecule has 1 saturated heterocycles. The van der Waals surface area contributed by atoms with Crippen LogP contribution in [0.3, 0.4) is 0 Å². The minimum atomic E-state index is -0.0217. The molecule has 2 aliphatic rings. The summed E-state index contributed by atoms with van der Waals surface area (Å²) < 4.78 is 5.49. The van der Waals surface area contributed by atoms with Crippen LogP contribution in [-0.4, -0.2) is 37.7 Å². The van der Waals surface area contributed by atoms with Crippen molar-refractivity contribution >= 4 is 5.91 Å². The number of carbonyl (C=O) groups is 1. The van der Waals surface area contributed by atoms with Crippen molar-refractivity contribution in [2.45, 2.75) is 65.0 Å². The SMILES string of the molecule is CCCNC1COCC1C(=O)NC1CCCC(C)(C)C1. The van der Waals surface area contributed by atoms with Crippen LogP contribution < -0.4 is 10.6 Å². The summed E-state index contributed by atoms with van der Waals surface area (Å²) in [4.78, 5) is 12.5. The molecule has 2 fully saturated rings. The first-order valence-corrected chi connectivity index (χ1v) is 8.13. The Kier molecular flexibility index (Phi) is 5.44. The molecule has 1 aliphatic carbocycles. The van der Waals surface area contributed by atoms with Crippen molar-refractivity contribution in [2.75, 3.05) is 19.8 Å². The summed E-state index contributed by atoms with van der Waals surface area (Å²) in [6.07, 6.45) is 5.79. The van der Waals surface area contributed by atoms with Crippen LogP contribution in [0.2, 0.25) is 0 Å². The second-order valence-electron chi connectivity index (χ2n) is 7.17. The second-order valence-corrected chi connectivity index (χ2v) is 7.17.